The van der Waals surface area contributed by atoms with Crippen molar-refractivity contribution in [2.45, 2.75) is 11.8 Å². The summed E-state index contributed by atoms with van der Waals surface area (Å²) in [4.78, 5) is 0. The van der Waals surface area contributed by atoms with E-state index in [-0.39, 0.29) is 0 Å². The molecule has 0 saturated heterocycles. The summed E-state index contributed by atoms with van der Waals surface area (Å²) in [6, 6.07) is 8.93. The minimum atomic E-state index is 0.621. The van der Waals surface area contributed by atoms with Crippen molar-refractivity contribution in [3.63, 3.8) is 0 Å². The second kappa shape index (κ2) is 2.65. The molecule has 0 N–H and O–H groups in total. The molecule has 0 aromatic heterocycles. The van der Waals surface area contributed by atoms with Gasteiger partial charge in [0.05, 0.1) is 0 Å². The predicted molar refractivity (Wildman–Crippen MR) is 65.1 cm³/mol. The molecule has 4 aliphatic carbocycles. The molecule has 15 heavy (non-hydrogen) atoms. The molecule has 0 radical (unpaired) electrons. The summed E-state index contributed by atoms with van der Waals surface area (Å²) in [7, 11) is 0. The Morgan fingerprint density at radius 1 is 0.933 bits per heavy atom. The molecule has 4 aliphatic rings. The average Bonchev–Trinajstić information content (AvgIpc) is 2.27. The van der Waals surface area contributed by atoms with Gasteiger partial charge in [-0.2, -0.15) is 0 Å². The van der Waals surface area contributed by atoms with Gasteiger partial charge in [-0.1, -0.05) is 58.4 Å². The van der Waals surface area contributed by atoms with E-state index in [1.165, 1.54) is 4.48 Å². The molecule has 2 bridgehead atoms. The summed E-state index contributed by atoms with van der Waals surface area (Å²) in [5.74, 6) is 2.74. The van der Waals surface area contributed by atoms with Crippen LogP contribution in [0, 0.1) is 11.8 Å². The van der Waals surface area contributed by atoms with Crippen molar-refractivity contribution in [2.24, 2.45) is 11.8 Å². The molecule has 0 saturated carbocycles. The third-order valence-electron chi connectivity index (χ3n) is 4.13. The number of hydrogen-bond donors (Lipinski definition) is 0. The van der Waals surface area contributed by atoms with E-state index in [9.17, 15) is 0 Å². The third-order valence-corrected chi connectivity index (χ3v) is 4.92. The van der Waals surface area contributed by atoms with Crippen molar-refractivity contribution in [2.75, 3.05) is 0 Å². The van der Waals surface area contributed by atoms with Gasteiger partial charge in [0.1, 0.15) is 0 Å². The first-order chi connectivity index (χ1) is 7.36. The standard InChI is InChI=1S/C14H11Br/c15-13-7-12-10-5-6-11(14(12)13)9-4-2-1-3-8(9)10/h1-7,10-12,14H/t10-,11+,12-,14+/m1/s1. The lowest BCUT2D eigenvalue weighted by Crippen LogP contribution is -2.39. The molecule has 0 heterocycles. The van der Waals surface area contributed by atoms with Gasteiger partial charge < -0.3 is 0 Å². The Bertz CT molecular complexity index is 498. The number of hydrogen-bond acceptors (Lipinski definition) is 0. The highest BCUT2D eigenvalue weighted by Crippen LogP contribution is 2.60. The fourth-order valence-electron chi connectivity index (χ4n) is 3.42. The van der Waals surface area contributed by atoms with E-state index in [2.05, 4.69) is 58.4 Å². The minimum Gasteiger partial charge on any atom is -0.0797 e. The molecule has 0 aliphatic heterocycles. The molecule has 0 spiro atoms. The quantitative estimate of drug-likeness (QED) is 0.618. The monoisotopic (exact) mass is 258 g/mol. The summed E-state index contributed by atoms with van der Waals surface area (Å²) < 4.78 is 1.42. The predicted octanol–water partition coefficient (Wildman–Crippen LogP) is 3.96. The SMILES string of the molecule is BrC1=C[C@H]2[C@@H]1[C@H]1C=C[C@@H]2c2ccccc21. The molecule has 1 heteroatoms. The van der Waals surface area contributed by atoms with Crippen LogP contribution in [-0.2, 0) is 0 Å². The van der Waals surface area contributed by atoms with Gasteiger partial charge >= 0.3 is 0 Å². The van der Waals surface area contributed by atoms with Crippen molar-refractivity contribution in [1.82, 2.24) is 0 Å². The van der Waals surface area contributed by atoms with Gasteiger partial charge in [0.15, 0.2) is 0 Å². The Morgan fingerprint density at radius 2 is 1.60 bits per heavy atom. The highest BCUT2D eigenvalue weighted by molar-refractivity contribution is 9.11. The maximum absolute atomic E-state index is 3.68. The largest absolute Gasteiger partial charge is 0.0797 e. The number of allylic oxidation sites excluding steroid dienone is 4. The Hall–Kier alpha value is -0.820. The van der Waals surface area contributed by atoms with Crippen LogP contribution < -0.4 is 0 Å². The van der Waals surface area contributed by atoms with Crippen LogP contribution in [0.15, 0.2) is 47.0 Å². The normalized spacial score (nSPS) is 39.1. The zero-order valence-electron chi connectivity index (χ0n) is 8.23. The minimum absolute atomic E-state index is 0.621. The molecule has 1 aromatic carbocycles. The summed E-state index contributed by atoms with van der Waals surface area (Å²) in [5, 5.41) is 0. The molecule has 0 amide bonds. The lowest BCUT2D eigenvalue weighted by molar-refractivity contribution is 0.312. The fourth-order valence-corrected chi connectivity index (χ4v) is 4.31. The highest BCUT2D eigenvalue weighted by Gasteiger charge is 2.48. The first-order valence-corrected chi connectivity index (χ1v) is 6.30. The molecular weight excluding hydrogens is 248 g/mol. The van der Waals surface area contributed by atoms with E-state index in [4.69, 9.17) is 0 Å². The van der Waals surface area contributed by atoms with Gasteiger partial charge in [-0.3, -0.25) is 0 Å². The summed E-state index contributed by atoms with van der Waals surface area (Å²) >= 11 is 3.68. The topological polar surface area (TPSA) is 0 Å². The Kier molecular flexibility index (Phi) is 1.47. The smallest absolute Gasteiger partial charge is 0.0101 e. The van der Waals surface area contributed by atoms with E-state index < -0.39 is 0 Å². The molecule has 0 unspecified atom stereocenters. The molecular formula is C14H11Br. The van der Waals surface area contributed by atoms with Gasteiger partial charge in [0, 0.05) is 17.8 Å². The van der Waals surface area contributed by atoms with Gasteiger partial charge in [0.25, 0.3) is 0 Å². The average molecular weight is 259 g/mol. The van der Waals surface area contributed by atoms with Crippen molar-refractivity contribution < 1.29 is 0 Å². The van der Waals surface area contributed by atoms with Gasteiger partial charge in [-0.05, 0) is 21.5 Å². The van der Waals surface area contributed by atoms with Crippen LogP contribution in [0.4, 0.5) is 0 Å². The molecule has 0 nitrogen and oxygen atoms in total. The number of halogens is 1. The lowest BCUT2D eigenvalue weighted by atomic mass is 9.55. The summed E-state index contributed by atoms with van der Waals surface area (Å²) in [6.45, 7) is 0. The summed E-state index contributed by atoms with van der Waals surface area (Å²) in [6.07, 6.45) is 7.20. The van der Waals surface area contributed by atoms with E-state index in [0.29, 0.717) is 11.8 Å². The van der Waals surface area contributed by atoms with Crippen molar-refractivity contribution in [3.05, 3.63) is 58.1 Å². The van der Waals surface area contributed by atoms with Crippen LogP contribution >= 0.6 is 15.9 Å². The summed E-state index contributed by atoms with van der Waals surface area (Å²) in [5.41, 5.74) is 3.11. The van der Waals surface area contributed by atoms with Crippen LogP contribution in [0.25, 0.3) is 0 Å². The molecule has 4 atom stereocenters. The van der Waals surface area contributed by atoms with E-state index in [1.807, 2.05) is 0 Å². The Balaban J connectivity index is 1.96. The van der Waals surface area contributed by atoms with Crippen LogP contribution in [0.3, 0.4) is 0 Å². The van der Waals surface area contributed by atoms with Gasteiger partial charge in [-0.15, -0.1) is 0 Å². The Morgan fingerprint density at radius 3 is 2.33 bits per heavy atom. The first kappa shape index (κ1) is 8.35. The van der Waals surface area contributed by atoms with Crippen molar-refractivity contribution >= 4 is 15.9 Å². The van der Waals surface area contributed by atoms with Gasteiger partial charge in [0.2, 0.25) is 0 Å². The Labute approximate surface area is 97.8 Å². The van der Waals surface area contributed by atoms with E-state index in [0.717, 1.165) is 11.8 Å². The molecule has 1 aromatic rings. The third kappa shape index (κ3) is 0.884. The molecule has 74 valence electrons. The second-order valence-corrected chi connectivity index (χ2v) is 5.64. The van der Waals surface area contributed by atoms with Crippen molar-refractivity contribution in [1.29, 1.82) is 0 Å². The zero-order valence-corrected chi connectivity index (χ0v) is 9.81. The lowest BCUT2D eigenvalue weighted by Gasteiger charge is -2.50. The van der Waals surface area contributed by atoms with E-state index >= 15 is 0 Å². The van der Waals surface area contributed by atoms with Crippen LogP contribution in [0.5, 0.6) is 0 Å². The van der Waals surface area contributed by atoms with Gasteiger partial charge in [-0.25, -0.2) is 0 Å². The maximum atomic E-state index is 3.68. The van der Waals surface area contributed by atoms with Crippen molar-refractivity contribution in [3.8, 4) is 0 Å². The molecule has 0 fully saturated rings. The molecule has 5 rings (SSSR count). The zero-order chi connectivity index (χ0) is 9.99. The second-order valence-electron chi connectivity index (χ2n) is 4.72. The number of rotatable bonds is 0. The highest BCUT2D eigenvalue weighted by atomic mass is 79.9. The maximum Gasteiger partial charge on any atom is 0.0101 e. The fraction of sp³-hybridized carbons (Fsp3) is 0.286. The van der Waals surface area contributed by atoms with Crippen LogP contribution in [0.2, 0.25) is 0 Å². The first-order valence-electron chi connectivity index (χ1n) is 5.50. The van der Waals surface area contributed by atoms with E-state index in [1.54, 1.807) is 11.1 Å². The van der Waals surface area contributed by atoms with Crippen LogP contribution in [-0.4, -0.2) is 0 Å². The number of benzene rings is 1. The van der Waals surface area contributed by atoms with Crippen LogP contribution in [0.1, 0.15) is 23.0 Å².